The lowest BCUT2D eigenvalue weighted by atomic mass is 10.0. The lowest BCUT2D eigenvalue weighted by Crippen LogP contribution is -1.96. The second-order valence-corrected chi connectivity index (χ2v) is 4.64. The minimum absolute atomic E-state index is 0.850. The van der Waals surface area contributed by atoms with Crippen LogP contribution < -0.4 is 9.47 Å². The molecule has 0 unspecified atom stereocenters. The van der Waals surface area contributed by atoms with E-state index in [2.05, 4.69) is 32.9 Å². The smallest absolute Gasteiger partial charge is 0.130 e. The molecule has 0 saturated carbocycles. The largest absolute Gasteiger partial charge is 0.496 e. The van der Waals surface area contributed by atoms with Gasteiger partial charge in [0.05, 0.1) is 19.8 Å². The van der Waals surface area contributed by atoms with Crippen molar-refractivity contribution in [3.8, 4) is 11.5 Å². The first-order chi connectivity index (χ1) is 8.49. The second kappa shape index (κ2) is 6.29. The molecular formula is C16H22O2. The van der Waals surface area contributed by atoms with E-state index in [1.165, 1.54) is 5.57 Å². The minimum atomic E-state index is 0.850. The molecule has 0 spiro atoms. The van der Waals surface area contributed by atoms with Crippen molar-refractivity contribution in [2.75, 3.05) is 14.2 Å². The summed E-state index contributed by atoms with van der Waals surface area (Å²) in [6.45, 7) is 8.25. The number of ether oxygens (including phenoxy) is 2. The Kier molecular flexibility index (Phi) is 5.02. The molecule has 0 radical (unpaired) electrons. The average Bonchev–Trinajstić information content (AvgIpc) is 2.34. The van der Waals surface area contributed by atoms with Crippen LogP contribution >= 0.6 is 0 Å². The molecule has 2 nitrogen and oxygen atoms in total. The van der Waals surface area contributed by atoms with Gasteiger partial charge in [0.2, 0.25) is 0 Å². The van der Waals surface area contributed by atoms with E-state index in [-0.39, 0.29) is 0 Å². The predicted octanol–water partition coefficient (Wildman–Crippen LogP) is 4.38. The van der Waals surface area contributed by atoms with Crippen molar-refractivity contribution >= 4 is 5.57 Å². The number of hydrogen-bond acceptors (Lipinski definition) is 2. The van der Waals surface area contributed by atoms with E-state index in [1.54, 1.807) is 14.2 Å². The van der Waals surface area contributed by atoms with Crippen LogP contribution in [-0.2, 0) is 0 Å². The molecule has 0 bridgehead atoms. The second-order valence-electron chi connectivity index (χ2n) is 4.64. The van der Waals surface area contributed by atoms with E-state index in [4.69, 9.17) is 9.47 Å². The SMILES string of the molecule is COc1cc(C)cc(OC)c1/C(C)=C/C=C(C)C. The molecule has 98 valence electrons. The van der Waals surface area contributed by atoms with Crippen molar-refractivity contribution in [1.29, 1.82) is 0 Å². The standard InChI is InChI=1S/C16H22O2/c1-11(2)7-8-13(4)16-14(17-5)9-12(3)10-15(16)18-6/h7-10H,1-6H3/b13-8+. The predicted molar refractivity (Wildman–Crippen MR) is 77.4 cm³/mol. The quantitative estimate of drug-likeness (QED) is 0.734. The fourth-order valence-electron chi connectivity index (χ4n) is 1.81. The molecule has 1 aromatic carbocycles. The van der Waals surface area contributed by atoms with Crippen molar-refractivity contribution < 1.29 is 9.47 Å². The molecule has 1 aromatic rings. The van der Waals surface area contributed by atoms with Crippen molar-refractivity contribution in [3.63, 3.8) is 0 Å². The van der Waals surface area contributed by atoms with Crippen LogP contribution in [0.15, 0.2) is 29.9 Å². The maximum absolute atomic E-state index is 5.46. The monoisotopic (exact) mass is 246 g/mol. The highest BCUT2D eigenvalue weighted by Gasteiger charge is 2.12. The van der Waals surface area contributed by atoms with Gasteiger partial charge >= 0.3 is 0 Å². The van der Waals surface area contributed by atoms with Crippen molar-refractivity contribution in [1.82, 2.24) is 0 Å². The molecule has 0 aromatic heterocycles. The van der Waals surface area contributed by atoms with Gasteiger partial charge in [-0.1, -0.05) is 17.7 Å². The molecule has 0 heterocycles. The zero-order chi connectivity index (χ0) is 13.7. The minimum Gasteiger partial charge on any atom is -0.496 e. The highest BCUT2D eigenvalue weighted by Crippen LogP contribution is 2.35. The molecule has 0 aliphatic carbocycles. The Hall–Kier alpha value is -1.70. The van der Waals surface area contributed by atoms with Gasteiger partial charge in [-0.05, 0) is 51.0 Å². The van der Waals surface area contributed by atoms with Crippen LogP contribution in [0.4, 0.5) is 0 Å². The van der Waals surface area contributed by atoms with Crippen molar-refractivity contribution in [3.05, 3.63) is 41.0 Å². The van der Waals surface area contributed by atoms with Gasteiger partial charge in [0.25, 0.3) is 0 Å². The molecule has 0 atom stereocenters. The molecule has 18 heavy (non-hydrogen) atoms. The third-order valence-electron chi connectivity index (χ3n) is 2.71. The highest BCUT2D eigenvalue weighted by molar-refractivity contribution is 5.75. The molecule has 0 amide bonds. The lowest BCUT2D eigenvalue weighted by molar-refractivity contribution is 0.391. The van der Waals surface area contributed by atoms with Gasteiger partial charge in [0, 0.05) is 0 Å². The van der Waals surface area contributed by atoms with E-state index in [0.717, 1.165) is 28.2 Å². The van der Waals surface area contributed by atoms with E-state index < -0.39 is 0 Å². The van der Waals surface area contributed by atoms with Crippen LogP contribution in [0.25, 0.3) is 5.57 Å². The summed E-state index contributed by atoms with van der Waals surface area (Å²) < 4.78 is 10.9. The van der Waals surface area contributed by atoms with Gasteiger partial charge in [-0.25, -0.2) is 0 Å². The Morgan fingerprint density at radius 1 is 0.944 bits per heavy atom. The zero-order valence-corrected chi connectivity index (χ0v) is 12.1. The summed E-state index contributed by atoms with van der Waals surface area (Å²) in [5, 5.41) is 0. The topological polar surface area (TPSA) is 18.5 Å². The van der Waals surface area contributed by atoms with E-state index in [0.29, 0.717) is 0 Å². The van der Waals surface area contributed by atoms with E-state index in [1.807, 2.05) is 19.1 Å². The molecule has 0 saturated heterocycles. The van der Waals surface area contributed by atoms with Crippen molar-refractivity contribution in [2.24, 2.45) is 0 Å². The van der Waals surface area contributed by atoms with Crippen molar-refractivity contribution in [2.45, 2.75) is 27.7 Å². The molecule has 0 N–H and O–H groups in total. The van der Waals surface area contributed by atoms with Crippen LogP contribution in [0.5, 0.6) is 11.5 Å². The van der Waals surface area contributed by atoms with E-state index >= 15 is 0 Å². The first-order valence-corrected chi connectivity index (χ1v) is 6.04. The first-order valence-electron chi connectivity index (χ1n) is 6.04. The Morgan fingerprint density at radius 2 is 1.44 bits per heavy atom. The summed E-state index contributed by atoms with van der Waals surface area (Å²) in [5.74, 6) is 1.70. The summed E-state index contributed by atoms with van der Waals surface area (Å²) in [6, 6.07) is 4.05. The fraction of sp³-hybridized carbons (Fsp3) is 0.375. The molecule has 1 rings (SSSR count). The summed E-state index contributed by atoms with van der Waals surface area (Å²) >= 11 is 0. The molecule has 0 fully saturated rings. The zero-order valence-electron chi connectivity index (χ0n) is 12.1. The Morgan fingerprint density at radius 3 is 1.83 bits per heavy atom. The average molecular weight is 246 g/mol. The Labute approximate surface area is 110 Å². The van der Waals surface area contributed by atoms with Crippen LogP contribution in [0, 0.1) is 6.92 Å². The van der Waals surface area contributed by atoms with Gasteiger partial charge in [-0.15, -0.1) is 0 Å². The van der Waals surface area contributed by atoms with Crippen LogP contribution in [0.2, 0.25) is 0 Å². The normalized spacial score (nSPS) is 11.1. The highest BCUT2D eigenvalue weighted by atomic mass is 16.5. The van der Waals surface area contributed by atoms with Gasteiger partial charge < -0.3 is 9.47 Å². The van der Waals surface area contributed by atoms with Crippen LogP contribution in [-0.4, -0.2) is 14.2 Å². The maximum Gasteiger partial charge on any atom is 0.130 e. The molecule has 0 aliphatic heterocycles. The van der Waals surface area contributed by atoms with E-state index in [9.17, 15) is 0 Å². The summed E-state index contributed by atoms with van der Waals surface area (Å²) in [7, 11) is 3.37. The number of aryl methyl sites for hydroxylation is 1. The van der Waals surface area contributed by atoms with Gasteiger partial charge in [0.15, 0.2) is 0 Å². The molecular weight excluding hydrogens is 224 g/mol. The first kappa shape index (κ1) is 14.4. The van der Waals surface area contributed by atoms with Crippen LogP contribution in [0.3, 0.4) is 0 Å². The van der Waals surface area contributed by atoms with Crippen LogP contribution in [0.1, 0.15) is 31.9 Å². The third-order valence-corrected chi connectivity index (χ3v) is 2.71. The summed E-state index contributed by atoms with van der Waals surface area (Å²) in [5.41, 5.74) is 4.54. The molecule has 2 heteroatoms. The fourth-order valence-corrected chi connectivity index (χ4v) is 1.81. The number of allylic oxidation sites excluding steroid dienone is 4. The number of rotatable bonds is 4. The summed E-state index contributed by atoms with van der Waals surface area (Å²) in [4.78, 5) is 0. The van der Waals surface area contributed by atoms with Gasteiger partial charge in [0.1, 0.15) is 11.5 Å². The lowest BCUT2D eigenvalue weighted by Gasteiger charge is -2.14. The van der Waals surface area contributed by atoms with Gasteiger partial charge in [-0.3, -0.25) is 0 Å². The maximum atomic E-state index is 5.46. The number of hydrogen-bond donors (Lipinski definition) is 0. The number of methoxy groups -OCH3 is 2. The summed E-state index contributed by atoms with van der Waals surface area (Å²) in [6.07, 6.45) is 4.18. The Bertz CT molecular complexity index is 453. The molecule has 0 aliphatic rings. The Balaban J connectivity index is 3.37. The number of benzene rings is 1. The third kappa shape index (κ3) is 3.39. The van der Waals surface area contributed by atoms with Gasteiger partial charge in [-0.2, -0.15) is 0 Å².